The van der Waals surface area contributed by atoms with Gasteiger partial charge in [-0.25, -0.2) is 0 Å². The Balaban J connectivity index is 2.19. The minimum atomic E-state index is 1.16. The smallest absolute Gasteiger partial charge is 0.0163 e. The summed E-state index contributed by atoms with van der Waals surface area (Å²) in [6.45, 7) is 5.88. The molecule has 0 aromatic carbocycles. The van der Waals surface area contributed by atoms with E-state index in [0.717, 1.165) is 6.54 Å². The van der Waals surface area contributed by atoms with Crippen LogP contribution in [0.2, 0.25) is 0 Å². The van der Waals surface area contributed by atoms with Crippen molar-refractivity contribution in [1.29, 1.82) is 0 Å². The predicted octanol–water partition coefficient (Wildman–Crippen LogP) is 2.44. The molecule has 0 aliphatic carbocycles. The third-order valence-electron chi connectivity index (χ3n) is 2.30. The van der Waals surface area contributed by atoms with Crippen LogP contribution in [-0.4, -0.2) is 24.5 Å². The Morgan fingerprint density at radius 1 is 1.09 bits per heavy atom. The van der Waals surface area contributed by atoms with Gasteiger partial charge in [-0.3, -0.25) is 4.90 Å². The lowest BCUT2D eigenvalue weighted by atomic mass is 10.2. The number of likely N-dealkylation sites (tertiary alicyclic amines) is 1. The van der Waals surface area contributed by atoms with Crippen molar-refractivity contribution < 1.29 is 0 Å². The van der Waals surface area contributed by atoms with Gasteiger partial charge in [0.15, 0.2) is 0 Å². The van der Waals surface area contributed by atoms with Crippen LogP contribution in [-0.2, 0) is 0 Å². The van der Waals surface area contributed by atoms with Gasteiger partial charge in [-0.15, -0.1) is 0 Å². The average molecular weight is 153 g/mol. The number of rotatable bonds is 2. The third kappa shape index (κ3) is 3.57. The first kappa shape index (κ1) is 8.79. The zero-order valence-corrected chi connectivity index (χ0v) is 7.55. The van der Waals surface area contributed by atoms with Crippen LogP contribution in [0.25, 0.3) is 0 Å². The molecule has 0 bridgehead atoms. The molecule has 1 rings (SSSR count). The summed E-state index contributed by atoms with van der Waals surface area (Å²) >= 11 is 0. The van der Waals surface area contributed by atoms with Gasteiger partial charge in [0.1, 0.15) is 0 Å². The van der Waals surface area contributed by atoms with Gasteiger partial charge in [0, 0.05) is 6.54 Å². The lowest BCUT2D eigenvalue weighted by molar-refractivity contribution is 0.316. The summed E-state index contributed by atoms with van der Waals surface area (Å²) in [5.74, 6) is 0. The van der Waals surface area contributed by atoms with Crippen LogP contribution in [0, 0.1) is 0 Å². The van der Waals surface area contributed by atoms with Crippen LogP contribution in [0.4, 0.5) is 0 Å². The number of nitrogens with zero attached hydrogens (tertiary/aromatic N) is 1. The first-order chi connectivity index (χ1) is 5.43. The van der Waals surface area contributed by atoms with Crippen molar-refractivity contribution in [3.63, 3.8) is 0 Å². The summed E-state index contributed by atoms with van der Waals surface area (Å²) in [5, 5.41) is 0. The normalized spacial score (nSPS) is 22.3. The molecule has 11 heavy (non-hydrogen) atoms. The second-order valence-corrected chi connectivity index (χ2v) is 3.28. The third-order valence-corrected chi connectivity index (χ3v) is 2.30. The van der Waals surface area contributed by atoms with Crippen molar-refractivity contribution >= 4 is 0 Å². The lowest BCUT2D eigenvalue weighted by Gasteiger charge is -2.16. The highest BCUT2D eigenvalue weighted by atomic mass is 15.1. The molecule has 1 heteroatoms. The summed E-state index contributed by atoms with van der Waals surface area (Å²) in [6, 6.07) is 0. The molecular weight excluding hydrogens is 134 g/mol. The van der Waals surface area contributed by atoms with Gasteiger partial charge in [-0.05, 0) is 32.9 Å². The van der Waals surface area contributed by atoms with Crippen LogP contribution < -0.4 is 0 Å². The van der Waals surface area contributed by atoms with Gasteiger partial charge < -0.3 is 0 Å². The second kappa shape index (κ2) is 5.36. The SMILES string of the molecule is CC=CCN1CCCCCC1. The van der Waals surface area contributed by atoms with E-state index in [9.17, 15) is 0 Å². The van der Waals surface area contributed by atoms with Crippen molar-refractivity contribution in [3.8, 4) is 0 Å². The van der Waals surface area contributed by atoms with E-state index in [1.165, 1.54) is 38.8 Å². The van der Waals surface area contributed by atoms with E-state index in [-0.39, 0.29) is 0 Å². The second-order valence-electron chi connectivity index (χ2n) is 3.28. The molecule has 0 unspecified atom stereocenters. The van der Waals surface area contributed by atoms with E-state index >= 15 is 0 Å². The van der Waals surface area contributed by atoms with E-state index in [1.807, 2.05) is 0 Å². The fourth-order valence-corrected chi connectivity index (χ4v) is 1.57. The molecule has 0 aromatic rings. The first-order valence-corrected chi connectivity index (χ1v) is 4.77. The van der Waals surface area contributed by atoms with Crippen molar-refractivity contribution in [2.45, 2.75) is 32.6 Å². The van der Waals surface area contributed by atoms with E-state index in [1.54, 1.807) is 0 Å². The molecule has 0 radical (unpaired) electrons. The highest BCUT2D eigenvalue weighted by Gasteiger charge is 2.05. The number of hydrogen-bond acceptors (Lipinski definition) is 1. The molecule has 1 aliphatic rings. The molecule has 0 amide bonds. The molecule has 1 nitrogen and oxygen atoms in total. The van der Waals surface area contributed by atoms with Crippen LogP contribution in [0.5, 0.6) is 0 Å². The molecule has 1 heterocycles. The van der Waals surface area contributed by atoms with Crippen molar-refractivity contribution in [1.82, 2.24) is 4.90 Å². The quantitative estimate of drug-likeness (QED) is 0.551. The van der Waals surface area contributed by atoms with Crippen LogP contribution in [0.15, 0.2) is 12.2 Å². The maximum Gasteiger partial charge on any atom is 0.0163 e. The molecule has 1 fully saturated rings. The molecule has 0 aromatic heterocycles. The van der Waals surface area contributed by atoms with Crippen LogP contribution in [0.1, 0.15) is 32.6 Å². The summed E-state index contributed by atoms with van der Waals surface area (Å²) < 4.78 is 0. The molecule has 0 N–H and O–H groups in total. The lowest BCUT2D eigenvalue weighted by Crippen LogP contribution is -2.24. The predicted molar refractivity (Wildman–Crippen MR) is 49.7 cm³/mol. The standard InChI is InChI=1S/C10H19N/c1-2-3-8-11-9-6-4-5-7-10-11/h2-3H,4-10H2,1H3. The molecule has 0 atom stereocenters. The average Bonchev–Trinajstić information content (AvgIpc) is 2.28. The van der Waals surface area contributed by atoms with Gasteiger partial charge in [0.25, 0.3) is 0 Å². The molecular formula is C10H19N. The topological polar surface area (TPSA) is 3.24 Å². The van der Waals surface area contributed by atoms with E-state index in [0.29, 0.717) is 0 Å². The van der Waals surface area contributed by atoms with Crippen LogP contribution in [0.3, 0.4) is 0 Å². The zero-order chi connectivity index (χ0) is 7.94. The summed E-state index contributed by atoms with van der Waals surface area (Å²) in [4.78, 5) is 2.55. The highest BCUT2D eigenvalue weighted by molar-refractivity contribution is 4.81. The Morgan fingerprint density at radius 3 is 2.27 bits per heavy atom. The minimum Gasteiger partial charge on any atom is -0.300 e. The molecule has 1 saturated heterocycles. The minimum absolute atomic E-state index is 1.16. The van der Waals surface area contributed by atoms with Gasteiger partial charge in [0.2, 0.25) is 0 Å². The van der Waals surface area contributed by atoms with Gasteiger partial charge in [0.05, 0.1) is 0 Å². The fourth-order valence-electron chi connectivity index (χ4n) is 1.57. The van der Waals surface area contributed by atoms with E-state index in [2.05, 4.69) is 24.0 Å². The van der Waals surface area contributed by atoms with Crippen molar-refractivity contribution in [3.05, 3.63) is 12.2 Å². The maximum atomic E-state index is 2.55. The molecule has 0 spiro atoms. The molecule has 64 valence electrons. The summed E-state index contributed by atoms with van der Waals surface area (Å²) in [7, 11) is 0. The first-order valence-electron chi connectivity index (χ1n) is 4.77. The highest BCUT2D eigenvalue weighted by Crippen LogP contribution is 2.08. The summed E-state index contributed by atoms with van der Waals surface area (Å²) in [6.07, 6.45) is 10.1. The van der Waals surface area contributed by atoms with E-state index in [4.69, 9.17) is 0 Å². The Bertz CT molecular complexity index is 110. The van der Waals surface area contributed by atoms with Crippen LogP contribution >= 0.6 is 0 Å². The fraction of sp³-hybridized carbons (Fsp3) is 0.800. The van der Waals surface area contributed by atoms with Gasteiger partial charge >= 0.3 is 0 Å². The number of allylic oxidation sites excluding steroid dienone is 1. The zero-order valence-electron chi connectivity index (χ0n) is 7.55. The Hall–Kier alpha value is -0.300. The molecule has 0 saturated carbocycles. The largest absolute Gasteiger partial charge is 0.300 e. The monoisotopic (exact) mass is 153 g/mol. The maximum absolute atomic E-state index is 2.55. The Kier molecular flexibility index (Phi) is 4.29. The van der Waals surface area contributed by atoms with E-state index < -0.39 is 0 Å². The van der Waals surface area contributed by atoms with Gasteiger partial charge in [-0.1, -0.05) is 25.0 Å². The Labute approximate surface area is 70.1 Å². The summed E-state index contributed by atoms with van der Waals surface area (Å²) in [5.41, 5.74) is 0. The Morgan fingerprint density at radius 2 is 1.73 bits per heavy atom. The molecule has 1 aliphatic heterocycles. The van der Waals surface area contributed by atoms with Gasteiger partial charge in [-0.2, -0.15) is 0 Å². The number of hydrogen-bond donors (Lipinski definition) is 0. The van der Waals surface area contributed by atoms with Crippen molar-refractivity contribution in [2.24, 2.45) is 0 Å². The van der Waals surface area contributed by atoms with Crippen molar-refractivity contribution in [2.75, 3.05) is 19.6 Å².